The van der Waals surface area contributed by atoms with Gasteiger partial charge in [0, 0.05) is 19.2 Å². The van der Waals surface area contributed by atoms with E-state index in [1.807, 2.05) is 30.3 Å². The molecule has 1 aliphatic rings. The Labute approximate surface area is 134 Å². The van der Waals surface area contributed by atoms with Crippen LogP contribution >= 0.6 is 11.6 Å². The Balaban J connectivity index is 1.65. The summed E-state index contributed by atoms with van der Waals surface area (Å²) in [7, 11) is 0. The lowest BCUT2D eigenvalue weighted by Gasteiger charge is -2.35. The average molecular weight is 319 g/mol. The van der Waals surface area contributed by atoms with Crippen molar-refractivity contribution in [3.8, 4) is 0 Å². The van der Waals surface area contributed by atoms with Crippen LogP contribution in [0.4, 0.5) is 11.8 Å². The highest BCUT2D eigenvalue weighted by molar-refractivity contribution is 6.29. The van der Waals surface area contributed by atoms with Crippen molar-refractivity contribution < 1.29 is 5.11 Å². The molecule has 1 aromatic heterocycles. The lowest BCUT2D eigenvalue weighted by Crippen LogP contribution is -2.36. The first-order chi connectivity index (χ1) is 10.6. The summed E-state index contributed by atoms with van der Waals surface area (Å²) < 4.78 is 0. The molecule has 6 heteroatoms. The number of aliphatic hydroxyl groups excluding tert-OH is 1. The number of nitrogens with zero attached hydrogens (tertiary/aromatic N) is 3. The zero-order valence-electron chi connectivity index (χ0n) is 12.2. The van der Waals surface area contributed by atoms with Gasteiger partial charge in [0.25, 0.3) is 0 Å². The summed E-state index contributed by atoms with van der Waals surface area (Å²) in [6.45, 7) is 1.64. The van der Waals surface area contributed by atoms with E-state index in [1.54, 1.807) is 6.07 Å². The molecule has 116 valence electrons. The number of rotatable bonds is 3. The molecule has 0 radical (unpaired) electrons. The van der Waals surface area contributed by atoms with Gasteiger partial charge >= 0.3 is 0 Å². The van der Waals surface area contributed by atoms with E-state index in [9.17, 15) is 5.11 Å². The SMILES string of the molecule is Nc1nc(Cl)cc(N2CCC([C@H](O)c3ccccc3)CC2)n1. The van der Waals surface area contributed by atoms with Gasteiger partial charge in [0.1, 0.15) is 11.0 Å². The number of hydrogen-bond donors (Lipinski definition) is 2. The summed E-state index contributed by atoms with van der Waals surface area (Å²) in [5, 5.41) is 10.9. The summed E-state index contributed by atoms with van der Waals surface area (Å²) in [6, 6.07) is 11.6. The molecule has 3 N–H and O–H groups in total. The molecule has 0 unspecified atom stereocenters. The molecule has 2 aromatic rings. The smallest absolute Gasteiger partial charge is 0.223 e. The van der Waals surface area contributed by atoms with Crippen molar-refractivity contribution >= 4 is 23.4 Å². The molecule has 1 atom stereocenters. The fourth-order valence-corrected chi connectivity index (χ4v) is 3.14. The maximum Gasteiger partial charge on any atom is 0.223 e. The maximum atomic E-state index is 10.5. The predicted octanol–water partition coefficient (Wildman–Crippen LogP) is 2.66. The zero-order valence-corrected chi connectivity index (χ0v) is 12.9. The molecule has 1 fully saturated rings. The third-order valence-electron chi connectivity index (χ3n) is 4.15. The van der Waals surface area contributed by atoms with Gasteiger partial charge in [-0.15, -0.1) is 0 Å². The molecule has 5 nitrogen and oxygen atoms in total. The molecule has 0 spiro atoms. The normalized spacial score (nSPS) is 17.5. The van der Waals surface area contributed by atoms with Crippen molar-refractivity contribution in [1.82, 2.24) is 9.97 Å². The first-order valence-electron chi connectivity index (χ1n) is 7.41. The van der Waals surface area contributed by atoms with Crippen LogP contribution in [0.5, 0.6) is 0 Å². The number of nitrogen functional groups attached to an aromatic ring is 1. The molecule has 22 heavy (non-hydrogen) atoms. The van der Waals surface area contributed by atoms with E-state index in [0.717, 1.165) is 37.3 Å². The second-order valence-electron chi connectivity index (χ2n) is 5.59. The van der Waals surface area contributed by atoms with Gasteiger partial charge in [0.15, 0.2) is 0 Å². The van der Waals surface area contributed by atoms with Crippen molar-refractivity contribution in [3.05, 3.63) is 47.1 Å². The van der Waals surface area contributed by atoms with E-state index in [0.29, 0.717) is 5.15 Å². The number of halogens is 1. The van der Waals surface area contributed by atoms with Gasteiger partial charge in [-0.2, -0.15) is 4.98 Å². The number of aliphatic hydroxyl groups is 1. The van der Waals surface area contributed by atoms with E-state index in [-0.39, 0.29) is 11.9 Å². The van der Waals surface area contributed by atoms with E-state index in [2.05, 4.69) is 14.9 Å². The van der Waals surface area contributed by atoms with Crippen LogP contribution in [0.3, 0.4) is 0 Å². The van der Waals surface area contributed by atoms with E-state index >= 15 is 0 Å². The minimum absolute atomic E-state index is 0.189. The Kier molecular flexibility index (Phi) is 4.45. The maximum absolute atomic E-state index is 10.5. The van der Waals surface area contributed by atoms with E-state index in [1.165, 1.54) is 0 Å². The molecular weight excluding hydrogens is 300 g/mol. The molecule has 1 aromatic carbocycles. The van der Waals surface area contributed by atoms with Gasteiger partial charge in [-0.3, -0.25) is 0 Å². The van der Waals surface area contributed by atoms with Gasteiger partial charge in [0.2, 0.25) is 5.95 Å². The summed E-state index contributed by atoms with van der Waals surface area (Å²) in [5.41, 5.74) is 6.63. The van der Waals surface area contributed by atoms with Crippen LogP contribution in [-0.4, -0.2) is 28.2 Å². The number of aromatic nitrogens is 2. The van der Waals surface area contributed by atoms with Gasteiger partial charge in [-0.25, -0.2) is 4.98 Å². The first kappa shape index (κ1) is 15.1. The number of hydrogen-bond acceptors (Lipinski definition) is 5. The highest BCUT2D eigenvalue weighted by Gasteiger charge is 2.27. The Hall–Kier alpha value is -1.85. The number of piperidine rings is 1. The Morgan fingerprint density at radius 2 is 1.86 bits per heavy atom. The minimum Gasteiger partial charge on any atom is -0.388 e. The van der Waals surface area contributed by atoms with Crippen LogP contribution in [-0.2, 0) is 0 Å². The second-order valence-corrected chi connectivity index (χ2v) is 5.97. The fourth-order valence-electron chi connectivity index (χ4n) is 2.95. The second kappa shape index (κ2) is 6.50. The monoisotopic (exact) mass is 318 g/mol. The Morgan fingerprint density at radius 1 is 1.18 bits per heavy atom. The topological polar surface area (TPSA) is 75.3 Å². The highest BCUT2D eigenvalue weighted by atomic mass is 35.5. The Bertz CT molecular complexity index is 609. The molecule has 0 bridgehead atoms. The quantitative estimate of drug-likeness (QED) is 0.851. The largest absolute Gasteiger partial charge is 0.388 e. The third-order valence-corrected chi connectivity index (χ3v) is 4.34. The molecule has 0 amide bonds. The minimum atomic E-state index is -0.414. The summed E-state index contributed by atoms with van der Waals surface area (Å²) in [5.74, 6) is 1.20. The van der Waals surface area contributed by atoms with Gasteiger partial charge in [-0.1, -0.05) is 41.9 Å². The van der Waals surface area contributed by atoms with Gasteiger partial charge < -0.3 is 15.7 Å². The molecule has 2 heterocycles. The van der Waals surface area contributed by atoms with Crippen LogP contribution in [0, 0.1) is 5.92 Å². The van der Waals surface area contributed by atoms with Crippen LogP contribution in [0.2, 0.25) is 5.15 Å². The van der Waals surface area contributed by atoms with E-state index < -0.39 is 6.10 Å². The van der Waals surface area contributed by atoms with Crippen molar-refractivity contribution in [2.24, 2.45) is 5.92 Å². The molecule has 0 saturated carbocycles. The fraction of sp³-hybridized carbons (Fsp3) is 0.375. The highest BCUT2D eigenvalue weighted by Crippen LogP contribution is 2.32. The summed E-state index contributed by atoms with van der Waals surface area (Å²) in [4.78, 5) is 10.2. The van der Waals surface area contributed by atoms with Gasteiger partial charge in [0.05, 0.1) is 6.10 Å². The molecule has 1 saturated heterocycles. The van der Waals surface area contributed by atoms with Crippen molar-refractivity contribution in [3.63, 3.8) is 0 Å². The van der Waals surface area contributed by atoms with Crippen molar-refractivity contribution in [2.45, 2.75) is 18.9 Å². The lowest BCUT2D eigenvalue weighted by molar-refractivity contribution is 0.0929. The summed E-state index contributed by atoms with van der Waals surface area (Å²) >= 11 is 5.93. The van der Waals surface area contributed by atoms with Crippen LogP contribution < -0.4 is 10.6 Å². The van der Waals surface area contributed by atoms with Crippen molar-refractivity contribution in [1.29, 1.82) is 0 Å². The third kappa shape index (κ3) is 3.31. The van der Waals surface area contributed by atoms with Crippen molar-refractivity contribution in [2.75, 3.05) is 23.7 Å². The predicted molar refractivity (Wildman–Crippen MR) is 87.8 cm³/mol. The van der Waals surface area contributed by atoms with Gasteiger partial charge in [-0.05, 0) is 24.3 Å². The lowest BCUT2D eigenvalue weighted by atomic mass is 9.87. The molecular formula is C16H19ClN4O. The molecule has 1 aliphatic heterocycles. The average Bonchev–Trinajstić information content (AvgIpc) is 2.54. The molecule has 3 rings (SSSR count). The Morgan fingerprint density at radius 3 is 2.50 bits per heavy atom. The van der Waals surface area contributed by atoms with Crippen LogP contribution in [0.25, 0.3) is 0 Å². The zero-order chi connectivity index (χ0) is 15.5. The summed E-state index contributed by atoms with van der Waals surface area (Å²) in [6.07, 6.45) is 1.39. The standard InChI is InChI=1S/C16H19ClN4O/c17-13-10-14(20-16(18)19-13)21-8-6-12(7-9-21)15(22)11-4-2-1-3-5-11/h1-5,10,12,15,22H,6-9H2,(H2,18,19,20)/t15-/m1/s1. The van der Waals surface area contributed by atoms with E-state index in [4.69, 9.17) is 17.3 Å². The molecule has 0 aliphatic carbocycles. The van der Waals surface area contributed by atoms with Crippen LogP contribution in [0.1, 0.15) is 24.5 Å². The first-order valence-corrected chi connectivity index (χ1v) is 7.79. The number of anilines is 2. The number of benzene rings is 1. The number of nitrogens with two attached hydrogens (primary N) is 1. The van der Waals surface area contributed by atoms with Crippen LogP contribution in [0.15, 0.2) is 36.4 Å².